The number of ether oxygens (including phenoxy) is 2. The third-order valence-corrected chi connectivity index (χ3v) is 4.97. The molecule has 2 aliphatic heterocycles. The van der Waals surface area contributed by atoms with Crippen molar-refractivity contribution in [2.45, 2.75) is 38.9 Å². The zero-order chi connectivity index (χ0) is 20.5. The summed E-state index contributed by atoms with van der Waals surface area (Å²) in [5.41, 5.74) is 0.133. The first-order valence-electron chi connectivity index (χ1n) is 9.37. The molecular formula is C20H26F2N2O4. The number of benzene rings is 1. The number of carbonyl (C=O) groups excluding carboxylic acids is 2. The third kappa shape index (κ3) is 4.54. The molecule has 0 aromatic heterocycles. The lowest BCUT2D eigenvalue weighted by molar-refractivity contribution is -0.179. The molecule has 154 valence electrons. The summed E-state index contributed by atoms with van der Waals surface area (Å²) in [7, 11) is 0. The van der Waals surface area contributed by atoms with Crippen LogP contribution in [0.5, 0.6) is 0 Å². The first kappa shape index (κ1) is 20.4. The predicted molar refractivity (Wildman–Crippen MR) is 97.9 cm³/mol. The van der Waals surface area contributed by atoms with Crippen LogP contribution in [0.25, 0.3) is 0 Å². The quantitative estimate of drug-likeness (QED) is 0.764. The molecule has 3 rings (SSSR count). The van der Waals surface area contributed by atoms with Gasteiger partial charge in [0.1, 0.15) is 12.2 Å². The number of nitrogens with zero attached hydrogens (tertiary/aromatic N) is 2. The molecule has 2 saturated heterocycles. The van der Waals surface area contributed by atoms with Gasteiger partial charge in [-0.3, -0.25) is 0 Å². The van der Waals surface area contributed by atoms with E-state index in [1.54, 1.807) is 20.8 Å². The number of piperidine rings is 2. The average molecular weight is 396 g/mol. The summed E-state index contributed by atoms with van der Waals surface area (Å²) in [6.45, 7) is 4.67. The van der Waals surface area contributed by atoms with E-state index >= 15 is 0 Å². The highest BCUT2D eigenvalue weighted by atomic mass is 19.3. The van der Waals surface area contributed by atoms with Crippen LogP contribution in [-0.4, -0.2) is 59.7 Å². The molecule has 6 nitrogen and oxygen atoms in total. The van der Waals surface area contributed by atoms with Gasteiger partial charge >= 0.3 is 12.2 Å². The highest BCUT2D eigenvalue weighted by Crippen LogP contribution is 2.42. The van der Waals surface area contributed by atoms with Gasteiger partial charge in [-0.15, -0.1) is 0 Å². The van der Waals surface area contributed by atoms with Gasteiger partial charge in [0.2, 0.25) is 0 Å². The maximum Gasteiger partial charge on any atom is 0.410 e. The summed E-state index contributed by atoms with van der Waals surface area (Å²) < 4.78 is 39.8. The van der Waals surface area contributed by atoms with E-state index in [2.05, 4.69) is 0 Å². The molecule has 1 aromatic carbocycles. The molecule has 2 atom stereocenters. The molecule has 0 aliphatic carbocycles. The van der Waals surface area contributed by atoms with Crippen molar-refractivity contribution in [2.24, 2.45) is 11.8 Å². The molecule has 0 saturated carbocycles. The second-order valence-corrected chi connectivity index (χ2v) is 8.40. The molecular weight excluding hydrogens is 370 g/mol. The predicted octanol–water partition coefficient (Wildman–Crippen LogP) is 3.76. The lowest BCUT2D eigenvalue weighted by Gasteiger charge is -2.49. The van der Waals surface area contributed by atoms with Crippen molar-refractivity contribution < 1.29 is 27.8 Å². The maximum absolute atomic E-state index is 14.6. The Morgan fingerprint density at radius 1 is 1.00 bits per heavy atom. The zero-order valence-electron chi connectivity index (χ0n) is 16.4. The van der Waals surface area contributed by atoms with Crippen molar-refractivity contribution in [1.29, 1.82) is 0 Å². The Morgan fingerprint density at radius 3 is 2.00 bits per heavy atom. The molecule has 0 N–H and O–H groups in total. The summed E-state index contributed by atoms with van der Waals surface area (Å²) in [5.74, 6) is -5.22. The van der Waals surface area contributed by atoms with Crippen molar-refractivity contribution in [3.8, 4) is 0 Å². The number of fused-ring (bicyclic) bond motifs is 2. The Balaban J connectivity index is 1.62. The summed E-state index contributed by atoms with van der Waals surface area (Å²) in [6, 6.07) is 9.17. The number of rotatable bonds is 2. The van der Waals surface area contributed by atoms with Gasteiger partial charge in [0.05, 0.1) is 11.8 Å². The maximum atomic E-state index is 14.6. The van der Waals surface area contributed by atoms with Crippen LogP contribution in [0.1, 0.15) is 26.3 Å². The van der Waals surface area contributed by atoms with E-state index in [9.17, 15) is 18.4 Å². The SMILES string of the molecule is CC(C)(C)OC(=O)N1C[C@H]2CN(C(=O)OCc3ccccc3)C[C@@H](C1)C2(F)F. The number of halogens is 2. The van der Waals surface area contributed by atoms with Crippen molar-refractivity contribution in [3.63, 3.8) is 0 Å². The minimum absolute atomic E-state index is 0.0892. The van der Waals surface area contributed by atoms with E-state index in [0.29, 0.717) is 0 Å². The molecule has 0 spiro atoms. The van der Waals surface area contributed by atoms with Crippen LogP contribution in [-0.2, 0) is 16.1 Å². The van der Waals surface area contributed by atoms with Gasteiger partial charge in [0.25, 0.3) is 5.92 Å². The topological polar surface area (TPSA) is 59.1 Å². The highest BCUT2D eigenvalue weighted by molar-refractivity contribution is 5.69. The second kappa shape index (κ2) is 7.56. The molecule has 0 radical (unpaired) electrons. The van der Waals surface area contributed by atoms with E-state index in [4.69, 9.17) is 9.47 Å². The van der Waals surface area contributed by atoms with E-state index in [0.717, 1.165) is 5.56 Å². The average Bonchev–Trinajstić information content (AvgIpc) is 2.58. The van der Waals surface area contributed by atoms with Crippen LogP contribution in [0.4, 0.5) is 18.4 Å². The first-order valence-corrected chi connectivity index (χ1v) is 9.37. The fourth-order valence-corrected chi connectivity index (χ4v) is 3.58. The number of amides is 2. The number of alkyl halides is 2. The zero-order valence-corrected chi connectivity index (χ0v) is 16.4. The number of hydrogen-bond acceptors (Lipinski definition) is 4. The Hall–Kier alpha value is -2.38. The van der Waals surface area contributed by atoms with Crippen molar-refractivity contribution in [2.75, 3.05) is 26.2 Å². The Bertz CT molecular complexity index is 703. The van der Waals surface area contributed by atoms with E-state index in [-0.39, 0.29) is 32.8 Å². The van der Waals surface area contributed by atoms with Crippen LogP contribution in [0, 0.1) is 11.8 Å². The first-order chi connectivity index (χ1) is 13.1. The summed E-state index contributed by atoms with van der Waals surface area (Å²) >= 11 is 0. The fourth-order valence-electron chi connectivity index (χ4n) is 3.58. The van der Waals surface area contributed by atoms with Gasteiger partial charge in [-0.1, -0.05) is 30.3 Å². The van der Waals surface area contributed by atoms with Gasteiger partial charge in [-0.2, -0.15) is 0 Å². The molecule has 2 amide bonds. The van der Waals surface area contributed by atoms with Gasteiger partial charge in [-0.25, -0.2) is 18.4 Å². The van der Waals surface area contributed by atoms with Crippen LogP contribution in [0.15, 0.2) is 30.3 Å². The third-order valence-electron chi connectivity index (χ3n) is 4.97. The molecule has 2 fully saturated rings. The van der Waals surface area contributed by atoms with Crippen molar-refractivity contribution in [1.82, 2.24) is 9.80 Å². The van der Waals surface area contributed by atoms with Crippen molar-refractivity contribution >= 4 is 12.2 Å². The summed E-state index contributed by atoms with van der Waals surface area (Å²) in [6.07, 6.45) is -1.21. The van der Waals surface area contributed by atoms with Crippen LogP contribution in [0.2, 0.25) is 0 Å². The van der Waals surface area contributed by atoms with E-state index in [1.165, 1.54) is 9.80 Å². The van der Waals surface area contributed by atoms with E-state index in [1.807, 2.05) is 30.3 Å². The molecule has 2 bridgehead atoms. The normalized spacial score (nSPS) is 23.9. The Kier molecular flexibility index (Phi) is 5.50. The molecule has 2 aliphatic rings. The Labute approximate surface area is 163 Å². The van der Waals surface area contributed by atoms with Gasteiger partial charge in [-0.05, 0) is 26.3 Å². The Morgan fingerprint density at radius 2 is 1.50 bits per heavy atom. The summed E-state index contributed by atoms with van der Waals surface area (Å²) in [5, 5.41) is 0. The largest absolute Gasteiger partial charge is 0.445 e. The van der Waals surface area contributed by atoms with Crippen LogP contribution < -0.4 is 0 Å². The molecule has 1 aromatic rings. The lowest BCUT2D eigenvalue weighted by atomic mass is 9.81. The molecule has 0 unspecified atom stereocenters. The standard InChI is InChI=1S/C20H26F2N2O4/c1-19(2,3)28-18(26)24-11-15-9-23(10-16(12-24)20(15,21)22)17(25)27-13-14-7-5-4-6-8-14/h4-8,15-16H,9-13H2,1-3H3/t15-,16+. The van der Waals surface area contributed by atoms with Crippen LogP contribution in [0.3, 0.4) is 0 Å². The monoisotopic (exact) mass is 396 g/mol. The number of hydrogen-bond donors (Lipinski definition) is 0. The number of likely N-dealkylation sites (tertiary alicyclic amines) is 2. The van der Waals surface area contributed by atoms with Gasteiger partial charge in [0, 0.05) is 26.2 Å². The minimum Gasteiger partial charge on any atom is -0.445 e. The van der Waals surface area contributed by atoms with Crippen LogP contribution >= 0.6 is 0 Å². The minimum atomic E-state index is -2.94. The van der Waals surface area contributed by atoms with Gasteiger partial charge in [0.15, 0.2) is 0 Å². The molecule has 2 heterocycles. The second-order valence-electron chi connectivity index (χ2n) is 8.40. The fraction of sp³-hybridized carbons (Fsp3) is 0.600. The molecule has 28 heavy (non-hydrogen) atoms. The smallest absolute Gasteiger partial charge is 0.410 e. The highest BCUT2D eigenvalue weighted by Gasteiger charge is 2.57. The molecule has 8 heteroatoms. The van der Waals surface area contributed by atoms with Crippen molar-refractivity contribution in [3.05, 3.63) is 35.9 Å². The summed E-state index contributed by atoms with van der Waals surface area (Å²) in [4.78, 5) is 27.3. The van der Waals surface area contributed by atoms with Gasteiger partial charge < -0.3 is 19.3 Å². The lowest BCUT2D eigenvalue weighted by Crippen LogP contribution is -2.65. The van der Waals surface area contributed by atoms with E-state index < -0.39 is 35.5 Å². The number of carbonyl (C=O) groups is 2.